The van der Waals surface area contributed by atoms with Gasteiger partial charge >= 0.3 is 0 Å². The number of carbonyl (C=O) groups excluding carboxylic acids is 2. The minimum Gasteiger partial charge on any atom is -0.454 e. The summed E-state index contributed by atoms with van der Waals surface area (Å²) in [6.07, 6.45) is 1.33. The van der Waals surface area contributed by atoms with Gasteiger partial charge in [-0.15, -0.1) is 0 Å². The summed E-state index contributed by atoms with van der Waals surface area (Å²) in [5.74, 6) is 0.326. The Labute approximate surface area is 184 Å². The van der Waals surface area contributed by atoms with Crippen molar-refractivity contribution in [2.75, 3.05) is 18.2 Å². The SMILES string of the molecule is O=C(N[C@@H]1CCCN(c2ccc(-c3ccccc3F)cc2)C1=O)c1ccc2c(c1)OCO2. The normalized spacial score (nSPS) is 17.3. The molecular formula is C25H21FN2O4. The molecular weight excluding hydrogens is 411 g/mol. The third-order valence-electron chi connectivity index (χ3n) is 5.74. The molecule has 2 amide bonds. The average molecular weight is 432 g/mol. The topological polar surface area (TPSA) is 67.9 Å². The third-order valence-corrected chi connectivity index (χ3v) is 5.74. The summed E-state index contributed by atoms with van der Waals surface area (Å²) in [6, 6.07) is 18.1. The van der Waals surface area contributed by atoms with Gasteiger partial charge in [0.2, 0.25) is 12.7 Å². The molecule has 32 heavy (non-hydrogen) atoms. The maximum atomic E-state index is 14.1. The molecule has 5 rings (SSSR count). The Morgan fingerprint density at radius 2 is 1.78 bits per heavy atom. The van der Waals surface area contributed by atoms with Crippen molar-refractivity contribution in [2.45, 2.75) is 18.9 Å². The fourth-order valence-electron chi connectivity index (χ4n) is 4.06. The summed E-state index contributed by atoms with van der Waals surface area (Å²) < 4.78 is 24.7. The highest BCUT2D eigenvalue weighted by atomic mass is 19.1. The van der Waals surface area contributed by atoms with Crippen molar-refractivity contribution < 1.29 is 23.5 Å². The number of hydrogen-bond acceptors (Lipinski definition) is 4. The van der Waals surface area contributed by atoms with E-state index in [-0.39, 0.29) is 24.4 Å². The van der Waals surface area contributed by atoms with Crippen LogP contribution in [0.1, 0.15) is 23.2 Å². The number of ether oxygens (including phenoxy) is 2. The van der Waals surface area contributed by atoms with Gasteiger partial charge in [-0.2, -0.15) is 0 Å². The predicted octanol–water partition coefficient (Wildman–Crippen LogP) is 4.15. The molecule has 1 atom stereocenters. The van der Waals surface area contributed by atoms with Crippen molar-refractivity contribution in [3.05, 3.63) is 78.1 Å². The van der Waals surface area contributed by atoms with Gasteiger partial charge in [0.15, 0.2) is 11.5 Å². The first kappa shape index (κ1) is 20.1. The number of nitrogens with zero attached hydrogens (tertiary/aromatic N) is 1. The van der Waals surface area contributed by atoms with Gasteiger partial charge in [-0.1, -0.05) is 30.3 Å². The van der Waals surface area contributed by atoms with Crippen LogP contribution in [0.4, 0.5) is 10.1 Å². The second-order valence-corrected chi connectivity index (χ2v) is 7.75. The van der Waals surface area contributed by atoms with E-state index in [1.165, 1.54) is 6.07 Å². The Bertz CT molecular complexity index is 1180. The molecule has 2 aliphatic heterocycles. The molecule has 7 heteroatoms. The van der Waals surface area contributed by atoms with Gasteiger partial charge in [0, 0.05) is 23.4 Å². The number of anilines is 1. The van der Waals surface area contributed by atoms with Crippen molar-refractivity contribution in [1.29, 1.82) is 0 Å². The monoisotopic (exact) mass is 432 g/mol. The van der Waals surface area contributed by atoms with Gasteiger partial charge in [0.05, 0.1) is 0 Å². The molecule has 0 aliphatic carbocycles. The summed E-state index contributed by atoms with van der Waals surface area (Å²) in [7, 11) is 0. The first-order valence-electron chi connectivity index (χ1n) is 10.5. The van der Waals surface area contributed by atoms with Crippen molar-refractivity contribution in [3.8, 4) is 22.6 Å². The number of rotatable bonds is 4. The number of hydrogen-bond donors (Lipinski definition) is 1. The lowest BCUT2D eigenvalue weighted by molar-refractivity contribution is -0.121. The number of piperidine rings is 1. The lowest BCUT2D eigenvalue weighted by Gasteiger charge is -2.32. The number of carbonyl (C=O) groups is 2. The number of benzene rings is 3. The number of fused-ring (bicyclic) bond motifs is 1. The number of nitrogens with one attached hydrogen (secondary N) is 1. The quantitative estimate of drug-likeness (QED) is 0.673. The van der Waals surface area contributed by atoms with Gasteiger partial charge < -0.3 is 19.7 Å². The van der Waals surface area contributed by atoms with Crippen LogP contribution in [0.3, 0.4) is 0 Å². The summed E-state index contributed by atoms with van der Waals surface area (Å²) in [5, 5.41) is 2.84. The highest BCUT2D eigenvalue weighted by molar-refractivity contribution is 6.03. The van der Waals surface area contributed by atoms with Crippen molar-refractivity contribution in [3.63, 3.8) is 0 Å². The zero-order valence-corrected chi connectivity index (χ0v) is 17.2. The molecule has 6 nitrogen and oxygen atoms in total. The molecule has 0 bridgehead atoms. The molecule has 1 N–H and O–H groups in total. The molecule has 0 aromatic heterocycles. The second-order valence-electron chi connectivity index (χ2n) is 7.75. The summed E-state index contributed by atoms with van der Waals surface area (Å²) in [4.78, 5) is 27.5. The average Bonchev–Trinajstić information content (AvgIpc) is 3.29. The zero-order chi connectivity index (χ0) is 22.1. The van der Waals surface area contributed by atoms with Crippen molar-refractivity contribution in [1.82, 2.24) is 5.32 Å². The second kappa shape index (κ2) is 8.34. The van der Waals surface area contributed by atoms with Crippen molar-refractivity contribution >= 4 is 17.5 Å². The molecule has 0 unspecified atom stereocenters. The number of halogens is 1. The van der Waals surface area contributed by atoms with E-state index in [1.807, 2.05) is 12.1 Å². The van der Waals surface area contributed by atoms with Crippen LogP contribution < -0.4 is 19.7 Å². The summed E-state index contributed by atoms with van der Waals surface area (Å²) >= 11 is 0. The Kier molecular flexibility index (Phi) is 5.23. The maximum absolute atomic E-state index is 14.1. The van der Waals surface area contributed by atoms with E-state index >= 15 is 0 Å². The molecule has 1 fully saturated rings. The highest BCUT2D eigenvalue weighted by Crippen LogP contribution is 2.32. The molecule has 0 spiro atoms. The van der Waals surface area contributed by atoms with E-state index in [1.54, 1.807) is 53.4 Å². The molecule has 0 saturated carbocycles. The first-order chi connectivity index (χ1) is 15.6. The summed E-state index contributed by atoms with van der Waals surface area (Å²) in [5.41, 5.74) is 2.38. The molecule has 2 aliphatic rings. The van der Waals surface area contributed by atoms with Crippen LogP contribution in [0.5, 0.6) is 11.5 Å². The summed E-state index contributed by atoms with van der Waals surface area (Å²) in [6.45, 7) is 0.695. The van der Waals surface area contributed by atoms with E-state index in [4.69, 9.17) is 9.47 Å². The van der Waals surface area contributed by atoms with Crippen LogP contribution in [-0.2, 0) is 4.79 Å². The van der Waals surface area contributed by atoms with E-state index in [2.05, 4.69) is 5.32 Å². The van der Waals surface area contributed by atoms with E-state index in [0.29, 0.717) is 35.6 Å². The van der Waals surface area contributed by atoms with Gasteiger partial charge in [-0.3, -0.25) is 9.59 Å². The Morgan fingerprint density at radius 1 is 1.00 bits per heavy atom. The van der Waals surface area contributed by atoms with Crippen LogP contribution in [0.15, 0.2) is 66.7 Å². The fourth-order valence-corrected chi connectivity index (χ4v) is 4.06. The first-order valence-corrected chi connectivity index (χ1v) is 10.5. The fraction of sp³-hybridized carbons (Fsp3) is 0.200. The molecule has 3 aromatic carbocycles. The minimum atomic E-state index is -0.618. The molecule has 0 radical (unpaired) electrons. The third kappa shape index (κ3) is 3.77. The van der Waals surface area contributed by atoms with Crippen LogP contribution >= 0.6 is 0 Å². The minimum absolute atomic E-state index is 0.131. The van der Waals surface area contributed by atoms with E-state index in [9.17, 15) is 14.0 Å². The predicted molar refractivity (Wildman–Crippen MR) is 117 cm³/mol. The standard InChI is InChI=1S/C25H21FN2O4/c26-20-5-2-1-4-19(20)16-7-10-18(11-8-16)28-13-3-6-21(25(28)30)27-24(29)17-9-12-22-23(14-17)32-15-31-22/h1-2,4-5,7-12,14,21H,3,6,13,15H2,(H,27,29)/t21-/m1/s1. The number of amides is 2. The van der Waals surface area contributed by atoms with Crippen molar-refractivity contribution in [2.24, 2.45) is 0 Å². The van der Waals surface area contributed by atoms with Gasteiger partial charge in [-0.25, -0.2) is 4.39 Å². The van der Waals surface area contributed by atoms with E-state index < -0.39 is 6.04 Å². The Morgan fingerprint density at radius 3 is 2.59 bits per heavy atom. The van der Waals surface area contributed by atoms with Gasteiger partial charge in [-0.05, 0) is 54.8 Å². The molecule has 1 saturated heterocycles. The largest absolute Gasteiger partial charge is 0.454 e. The van der Waals surface area contributed by atoms with Crippen LogP contribution in [0.2, 0.25) is 0 Å². The van der Waals surface area contributed by atoms with Gasteiger partial charge in [0.25, 0.3) is 5.91 Å². The Hall–Kier alpha value is -3.87. The van der Waals surface area contributed by atoms with Crippen LogP contribution in [0.25, 0.3) is 11.1 Å². The lowest BCUT2D eigenvalue weighted by Crippen LogP contribution is -2.52. The lowest BCUT2D eigenvalue weighted by atomic mass is 10.0. The molecule has 3 aromatic rings. The zero-order valence-electron chi connectivity index (χ0n) is 17.2. The molecule has 2 heterocycles. The molecule has 162 valence electrons. The van der Waals surface area contributed by atoms with Crippen LogP contribution in [0, 0.1) is 5.82 Å². The smallest absolute Gasteiger partial charge is 0.252 e. The van der Waals surface area contributed by atoms with Crippen LogP contribution in [-0.4, -0.2) is 31.2 Å². The van der Waals surface area contributed by atoms with Gasteiger partial charge in [0.1, 0.15) is 11.9 Å². The highest BCUT2D eigenvalue weighted by Gasteiger charge is 2.31. The Balaban J connectivity index is 1.30. The maximum Gasteiger partial charge on any atom is 0.252 e. The van der Waals surface area contributed by atoms with E-state index in [0.717, 1.165) is 17.7 Å².